The molecule has 5 rings (SSSR count). The van der Waals surface area contributed by atoms with E-state index in [1.165, 1.54) is 0 Å². The highest BCUT2D eigenvalue weighted by atomic mass is 35.5. The number of pyridine rings is 1. The smallest absolute Gasteiger partial charge is 0.229 e. The normalized spacial score (nSPS) is 17.6. The molecule has 2 aromatic carbocycles. The van der Waals surface area contributed by atoms with Crippen molar-refractivity contribution in [2.45, 2.75) is 19.0 Å². The van der Waals surface area contributed by atoms with Crippen molar-refractivity contribution >= 4 is 61.9 Å². The number of rotatable bonds is 6. The summed E-state index contributed by atoms with van der Waals surface area (Å²) in [6.07, 6.45) is 2.85. The van der Waals surface area contributed by atoms with E-state index in [0.29, 0.717) is 37.9 Å². The number of aryl methyl sites for hydroxylation is 1. The van der Waals surface area contributed by atoms with E-state index in [1.807, 2.05) is 66.4 Å². The van der Waals surface area contributed by atoms with E-state index in [0.717, 1.165) is 23.2 Å². The van der Waals surface area contributed by atoms with Gasteiger partial charge in [-0.3, -0.25) is 9.71 Å². The number of nitrogens with one attached hydrogen (secondary N) is 2. The van der Waals surface area contributed by atoms with E-state index < -0.39 is 10.0 Å². The molecule has 0 amide bonds. The lowest BCUT2D eigenvalue weighted by Crippen LogP contribution is -2.29. The van der Waals surface area contributed by atoms with E-state index in [2.05, 4.69) is 15.0 Å². The van der Waals surface area contributed by atoms with Crippen LogP contribution in [-0.2, 0) is 10.0 Å². The fourth-order valence-corrected chi connectivity index (χ4v) is 5.75. The zero-order valence-electron chi connectivity index (χ0n) is 19.8. The Morgan fingerprint density at radius 1 is 1.08 bits per heavy atom. The standard InChI is InChI=1S/C26H22Cl2N4O3S2/c1-15-14-16(9-10-19(15)31-37(2,33)34)32-25(24(30-26(32)36)20-8-3-4-13-29-20)22-12-11-21(35-22)17-6-5-7-18(27)23(17)28/h3-14,24-25,31H,1-2H3,(H,30,36)/t24-,25+/m0/s1. The van der Waals surface area contributed by atoms with Gasteiger partial charge in [-0.15, -0.1) is 0 Å². The first-order valence-electron chi connectivity index (χ1n) is 11.3. The molecule has 3 heterocycles. The third-order valence-corrected chi connectivity index (χ3v) is 7.74. The quantitative estimate of drug-likeness (QED) is 0.255. The maximum absolute atomic E-state index is 11.8. The Bertz CT molecular complexity index is 1590. The molecule has 11 heteroatoms. The molecule has 2 aromatic heterocycles. The minimum absolute atomic E-state index is 0.309. The van der Waals surface area contributed by atoms with Crippen molar-refractivity contribution < 1.29 is 12.8 Å². The molecule has 2 N–H and O–H groups in total. The van der Waals surface area contributed by atoms with E-state index in [4.69, 9.17) is 39.8 Å². The number of thiocarbonyl (C=S) groups is 1. The summed E-state index contributed by atoms with van der Waals surface area (Å²) in [7, 11) is -3.42. The highest BCUT2D eigenvalue weighted by molar-refractivity contribution is 7.92. The van der Waals surface area contributed by atoms with Crippen LogP contribution >= 0.6 is 35.4 Å². The Morgan fingerprint density at radius 3 is 2.59 bits per heavy atom. The number of benzene rings is 2. The predicted molar refractivity (Wildman–Crippen MR) is 152 cm³/mol. The van der Waals surface area contributed by atoms with Crippen molar-refractivity contribution in [3.8, 4) is 11.3 Å². The summed E-state index contributed by atoms with van der Waals surface area (Å²) < 4.78 is 32.4. The number of nitrogens with zero attached hydrogens (tertiary/aromatic N) is 2. The molecule has 0 aliphatic carbocycles. The number of hydrogen-bond donors (Lipinski definition) is 2. The number of anilines is 2. The van der Waals surface area contributed by atoms with Crippen LogP contribution in [0, 0.1) is 6.92 Å². The lowest BCUT2D eigenvalue weighted by Gasteiger charge is -2.26. The summed E-state index contributed by atoms with van der Waals surface area (Å²) in [5, 5.41) is 4.72. The molecular formula is C26H22Cl2N4O3S2. The number of hydrogen-bond acceptors (Lipinski definition) is 5. The van der Waals surface area contributed by atoms with E-state index >= 15 is 0 Å². The first-order chi connectivity index (χ1) is 17.6. The molecule has 0 bridgehead atoms. The van der Waals surface area contributed by atoms with E-state index in [9.17, 15) is 8.42 Å². The van der Waals surface area contributed by atoms with Gasteiger partial charge in [0, 0.05) is 17.4 Å². The van der Waals surface area contributed by atoms with Crippen molar-refractivity contribution in [2.24, 2.45) is 0 Å². The molecular weight excluding hydrogens is 551 g/mol. The maximum Gasteiger partial charge on any atom is 0.229 e. The lowest BCUT2D eigenvalue weighted by molar-refractivity contribution is 0.439. The van der Waals surface area contributed by atoms with Crippen LogP contribution in [-0.4, -0.2) is 24.8 Å². The summed E-state index contributed by atoms with van der Waals surface area (Å²) >= 11 is 18.5. The Morgan fingerprint density at radius 2 is 1.89 bits per heavy atom. The van der Waals surface area contributed by atoms with Gasteiger partial charge in [0.05, 0.1) is 33.7 Å². The van der Waals surface area contributed by atoms with Crippen molar-refractivity contribution in [1.29, 1.82) is 0 Å². The average Bonchev–Trinajstić information content (AvgIpc) is 3.46. The fraction of sp³-hybridized carbons (Fsp3) is 0.154. The van der Waals surface area contributed by atoms with Crippen LogP contribution in [0.1, 0.15) is 29.1 Å². The molecule has 1 aliphatic heterocycles. The van der Waals surface area contributed by atoms with Crippen LogP contribution in [0.3, 0.4) is 0 Å². The number of furan rings is 1. The van der Waals surface area contributed by atoms with Crippen LogP contribution in [0.2, 0.25) is 10.0 Å². The van der Waals surface area contributed by atoms with Crippen LogP contribution in [0.15, 0.2) is 77.3 Å². The lowest BCUT2D eigenvalue weighted by atomic mass is 10.0. The van der Waals surface area contributed by atoms with Crippen molar-refractivity contribution in [2.75, 3.05) is 15.9 Å². The third-order valence-electron chi connectivity index (χ3n) is 6.02. The number of sulfonamides is 1. The second-order valence-electron chi connectivity index (χ2n) is 8.67. The Hall–Kier alpha value is -3.11. The monoisotopic (exact) mass is 572 g/mol. The van der Waals surface area contributed by atoms with Gasteiger partial charge in [-0.05, 0) is 79.3 Å². The zero-order valence-corrected chi connectivity index (χ0v) is 22.9. The second-order valence-corrected chi connectivity index (χ2v) is 11.6. The van der Waals surface area contributed by atoms with Crippen LogP contribution in [0.25, 0.3) is 11.3 Å². The van der Waals surface area contributed by atoms with Crippen molar-refractivity contribution in [3.63, 3.8) is 0 Å². The average molecular weight is 574 g/mol. The molecule has 1 fully saturated rings. The molecule has 1 saturated heterocycles. The van der Waals surface area contributed by atoms with Crippen molar-refractivity contribution in [1.82, 2.24) is 10.3 Å². The molecule has 7 nitrogen and oxygen atoms in total. The second kappa shape index (κ2) is 9.98. The fourth-order valence-electron chi connectivity index (χ4n) is 4.38. The van der Waals surface area contributed by atoms with Gasteiger partial charge in [0.25, 0.3) is 0 Å². The van der Waals surface area contributed by atoms with E-state index in [1.54, 1.807) is 18.3 Å². The molecule has 0 spiro atoms. The number of halogens is 2. The highest BCUT2D eigenvalue weighted by Crippen LogP contribution is 2.44. The van der Waals surface area contributed by atoms with Gasteiger partial charge in [-0.25, -0.2) is 8.42 Å². The Balaban J connectivity index is 1.59. The Labute approximate surface area is 230 Å². The zero-order chi connectivity index (χ0) is 26.3. The summed E-state index contributed by atoms with van der Waals surface area (Å²) in [5.74, 6) is 1.22. The third kappa shape index (κ3) is 5.17. The SMILES string of the molecule is Cc1cc(N2C(=S)N[C@@H](c3ccccn3)[C@H]2c2ccc(-c3cccc(Cl)c3Cl)o2)ccc1NS(C)(=O)=O. The number of aromatic nitrogens is 1. The predicted octanol–water partition coefficient (Wildman–Crippen LogP) is 6.51. The van der Waals surface area contributed by atoms with Crippen LogP contribution in [0.4, 0.5) is 11.4 Å². The minimum atomic E-state index is -3.42. The molecule has 0 radical (unpaired) electrons. The first kappa shape index (κ1) is 25.5. The maximum atomic E-state index is 11.8. The molecule has 1 aliphatic rings. The Kier molecular flexibility index (Phi) is 6.89. The topological polar surface area (TPSA) is 87.5 Å². The van der Waals surface area contributed by atoms with Gasteiger partial charge >= 0.3 is 0 Å². The highest BCUT2D eigenvalue weighted by Gasteiger charge is 2.42. The van der Waals surface area contributed by atoms with Gasteiger partial charge in [-0.2, -0.15) is 0 Å². The van der Waals surface area contributed by atoms with Gasteiger partial charge < -0.3 is 14.6 Å². The van der Waals surface area contributed by atoms with Gasteiger partial charge in [0.1, 0.15) is 17.6 Å². The summed E-state index contributed by atoms with van der Waals surface area (Å²) in [6.45, 7) is 1.83. The summed E-state index contributed by atoms with van der Waals surface area (Å²) in [5.41, 5.74) is 3.50. The van der Waals surface area contributed by atoms with Gasteiger partial charge in [0.15, 0.2) is 5.11 Å². The van der Waals surface area contributed by atoms with Gasteiger partial charge in [-0.1, -0.05) is 35.3 Å². The minimum Gasteiger partial charge on any atom is -0.459 e. The summed E-state index contributed by atoms with van der Waals surface area (Å²) in [4.78, 5) is 6.51. The van der Waals surface area contributed by atoms with Crippen LogP contribution in [0.5, 0.6) is 0 Å². The molecule has 37 heavy (non-hydrogen) atoms. The molecule has 0 saturated carbocycles. The molecule has 0 unspecified atom stereocenters. The van der Waals surface area contributed by atoms with Crippen molar-refractivity contribution in [3.05, 3.63) is 100.0 Å². The van der Waals surface area contributed by atoms with E-state index in [-0.39, 0.29) is 12.1 Å². The first-order valence-corrected chi connectivity index (χ1v) is 14.3. The molecule has 2 atom stereocenters. The largest absolute Gasteiger partial charge is 0.459 e. The molecule has 190 valence electrons. The van der Waals surface area contributed by atoms with Crippen LogP contribution < -0.4 is 14.9 Å². The molecule has 4 aromatic rings. The van der Waals surface area contributed by atoms with Gasteiger partial charge in [0.2, 0.25) is 10.0 Å². The summed E-state index contributed by atoms with van der Waals surface area (Å²) in [6, 6.07) is 19.6.